The Morgan fingerprint density at radius 2 is 1.95 bits per heavy atom. The molecule has 1 aromatic heterocycles. The fraction of sp³-hybridized carbons (Fsp3) is 0.143. The predicted molar refractivity (Wildman–Crippen MR) is 75.9 cm³/mol. The highest BCUT2D eigenvalue weighted by molar-refractivity contribution is 7.80. The van der Waals surface area contributed by atoms with E-state index in [1.807, 2.05) is 0 Å². The summed E-state index contributed by atoms with van der Waals surface area (Å²) >= 11 is 4.79. The Hall–Kier alpha value is -2.15. The van der Waals surface area contributed by atoms with Crippen molar-refractivity contribution in [3.8, 4) is 5.75 Å². The first-order chi connectivity index (χ1) is 9.88. The van der Waals surface area contributed by atoms with Crippen LogP contribution in [0.25, 0.3) is 0 Å². The van der Waals surface area contributed by atoms with E-state index >= 15 is 0 Å². The van der Waals surface area contributed by atoms with Crippen molar-refractivity contribution < 1.29 is 17.9 Å². The number of thiocarbonyl (C=S) groups is 1. The number of benzene rings is 1. The Kier molecular flexibility index (Phi) is 4.42. The first-order valence-corrected chi connectivity index (χ1v) is 6.32. The first-order valence-electron chi connectivity index (χ1n) is 5.91. The maximum absolute atomic E-state index is 12.8. The minimum Gasteiger partial charge on any atom is -0.488 e. The molecule has 1 aromatic carbocycles. The lowest BCUT2D eigenvalue weighted by molar-refractivity contribution is -0.139. The number of pyridine rings is 1. The lowest BCUT2D eigenvalue weighted by Gasteiger charge is -2.13. The van der Waals surface area contributed by atoms with Crippen molar-refractivity contribution >= 4 is 17.2 Å². The number of rotatable bonds is 4. The summed E-state index contributed by atoms with van der Waals surface area (Å²) in [7, 11) is 0. The fourth-order valence-electron chi connectivity index (χ4n) is 1.69. The van der Waals surface area contributed by atoms with E-state index in [0.717, 1.165) is 6.07 Å². The average molecular weight is 312 g/mol. The van der Waals surface area contributed by atoms with Gasteiger partial charge in [0, 0.05) is 6.20 Å². The van der Waals surface area contributed by atoms with Crippen LogP contribution in [-0.2, 0) is 12.8 Å². The molecule has 0 bridgehead atoms. The van der Waals surface area contributed by atoms with Crippen LogP contribution in [0, 0.1) is 0 Å². The lowest BCUT2D eigenvalue weighted by Crippen LogP contribution is -2.12. The van der Waals surface area contributed by atoms with Gasteiger partial charge in [0.05, 0.1) is 11.3 Å². The van der Waals surface area contributed by atoms with Crippen LogP contribution in [0.15, 0.2) is 42.6 Å². The van der Waals surface area contributed by atoms with E-state index in [9.17, 15) is 13.2 Å². The Labute approximate surface area is 124 Å². The molecule has 1 heterocycles. The van der Waals surface area contributed by atoms with Gasteiger partial charge in [0.2, 0.25) is 0 Å². The number of halogens is 3. The number of aromatic nitrogens is 1. The van der Waals surface area contributed by atoms with Crippen molar-refractivity contribution in [2.75, 3.05) is 0 Å². The zero-order valence-corrected chi connectivity index (χ0v) is 11.5. The molecule has 2 aromatic rings. The lowest BCUT2D eigenvalue weighted by atomic mass is 10.2. The van der Waals surface area contributed by atoms with Gasteiger partial charge in [-0.1, -0.05) is 24.4 Å². The molecule has 7 heteroatoms. The molecule has 0 fully saturated rings. The van der Waals surface area contributed by atoms with Gasteiger partial charge < -0.3 is 10.5 Å². The molecular weight excluding hydrogens is 301 g/mol. The van der Waals surface area contributed by atoms with Gasteiger partial charge in [-0.25, -0.2) is 0 Å². The van der Waals surface area contributed by atoms with Crippen LogP contribution in [-0.4, -0.2) is 9.97 Å². The van der Waals surface area contributed by atoms with Crippen molar-refractivity contribution in [1.82, 2.24) is 4.98 Å². The summed E-state index contributed by atoms with van der Waals surface area (Å²) in [5.74, 6) is -0.223. The number of para-hydroxylation sites is 1. The fourth-order valence-corrected chi connectivity index (χ4v) is 1.80. The standard InChI is InChI=1S/C14H11F3N2OS/c15-14(16,17)10-3-1-2-4-12(10)20-8-9-5-6-19-11(7-9)13(18)21/h1-7H,8H2,(H2,18,21). The molecule has 0 unspecified atom stereocenters. The summed E-state index contributed by atoms with van der Waals surface area (Å²) in [6.07, 6.45) is -2.98. The molecule has 3 nitrogen and oxygen atoms in total. The summed E-state index contributed by atoms with van der Waals surface area (Å²) in [5.41, 5.74) is 5.67. The molecule has 0 spiro atoms. The maximum atomic E-state index is 12.8. The number of hydrogen-bond acceptors (Lipinski definition) is 3. The number of nitrogens with zero attached hydrogens (tertiary/aromatic N) is 1. The molecule has 110 valence electrons. The van der Waals surface area contributed by atoms with E-state index in [2.05, 4.69) is 4.98 Å². The molecule has 0 saturated heterocycles. The molecule has 0 radical (unpaired) electrons. The molecule has 0 aliphatic carbocycles. The van der Waals surface area contributed by atoms with Gasteiger partial charge in [0.25, 0.3) is 0 Å². The Bertz CT molecular complexity index is 659. The number of alkyl halides is 3. The van der Waals surface area contributed by atoms with Gasteiger partial charge in [-0.05, 0) is 29.8 Å². The van der Waals surface area contributed by atoms with E-state index in [1.54, 1.807) is 12.1 Å². The molecule has 0 saturated carbocycles. The van der Waals surface area contributed by atoms with Gasteiger partial charge in [-0.15, -0.1) is 0 Å². The monoisotopic (exact) mass is 312 g/mol. The number of nitrogens with two attached hydrogens (primary N) is 1. The van der Waals surface area contributed by atoms with Crippen molar-refractivity contribution in [3.63, 3.8) is 0 Å². The van der Waals surface area contributed by atoms with E-state index in [1.165, 1.54) is 24.4 Å². The van der Waals surface area contributed by atoms with Gasteiger partial charge in [0.1, 0.15) is 17.3 Å². The highest BCUT2D eigenvalue weighted by Crippen LogP contribution is 2.36. The molecule has 0 amide bonds. The zero-order valence-electron chi connectivity index (χ0n) is 10.7. The van der Waals surface area contributed by atoms with Crippen LogP contribution in [0.1, 0.15) is 16.8 Å². The van der Waals surface area contributed by atoms with Gasteiger partial charge in [-0.3, -0.25) is 4.98 Å². The molecule has 0 aliphatic rings. The van der Waals surface area contributed by atoms with E-state index in [4.69, 9.17) is 22.7 Å². The SMILES string of the molecule is NC(=S)c1cc(COc2ccccc2C(F)(F)F)ccn1. The molecule has 0 aliphatic heterocycles. The maximum Gasteiger partial charge on any atom is 0.419 e. The van der Waals surface area contributed by atoms with Gasteiger partial charge in [-0.2, -0.15) is 13.2 Å². The van der Waals surface area contributed by atoms with Crippen LogP contribution in [0.5, 0.6) is 5.75 Å². The molecule has 2 N–H and O–H groups in total. The van der Waals surface area contributed by atoms with Crippen molar-refractivity contribution in [2.45, 2.75) is 12.8 Å². The average Bonchev–Trinajstić information content (AvgIpc) is 2.45. The Balaban J connectivity index is 2.17. The highest BCUT2D eigenvalue weighted by Gasteiger charge is 2.33. The smallest absolute Gasteiger partial charge is 0.419 e. The molecule has 0 atom stereocenters. The predicted octanol–water partition coefficient (Wildman–Crippen LogP) is 3.31. The third kappa shape index (κ3) is 3.91. The third-order valence-corrected chi connectivity index (χ3v) is 2.87. The van der Waals surface area contributed by atoms with E-state index in [0.29, 0.717) is 11.3 Å². The highest BCUT2D eigenvalue weighted by atomic mass is 32.1. The van der Waals surface area contributed by atoms with Crippen LogP contribution in [0.3, 0.4) is 0 Å². The van der Waals surface area contributed by atoms with Gasteiger partial charge >= 0.3 is 6.18 Å². The first kappa shape index (κ1) is 15.2. The van der Waals surface area contributed by atoms with E-state index < -0.39 is 11.7 Å². The quantitative estimate of drug-likeness (QED) is 0.880. The van der Waals surface area contributed by atoms with Crippen LogP contribution < -0.4 is 10.5 Å². The topological polar surface area (TPSA) is 48.1 Å². The largest absolute Gasteiger partial charge is 0.488 e. The Morgan fingerprint density at radius 3 is 2.62 bits per heavy atom. The third-order valence-electron chi connectivity index (χ3n) is 2.66. The van der Waals surface area contributed by atoms with Gasteiger partial charge in [0.15, 0.2) is 0 Å². The number of hydrogen-bond donors (Lipinski definition) is 1. The summed E-state index contributed by atoms with van der Waals surface area (Å²) in [4.78, 5) is 4.07. The summed E-state index contributed by atoms with van der Waals surface area (Å²) in [6, 6.07) is 8.25. The second-order valence-corrected chi connectivity index (χ2v) is 4.64. The van der Waals surface area contributed by atoms with E-state index in [-0.39, 0.29) is 17.3 Å². The minimum absolute atomic E-state index is 0.0365. The van der Waals surface area contributed by atoms with Crippen LogP contribution in [0.4, 0.5) is 13.2 Å². The van der Waals surface area contributed by atoms with Crippen molar-refractivity contribution in [2.24, 2.45) is 5.73 Å². The summed E-state index contributed by atoms with van der Waals surface area (Å²) in [6.45, 7) is -0.0365. The minimum atomic E-state index is -4.46. The Morgan fingerprint density at radius 1 is 1.24 bits per heavy atom. The van der Waals surface area contributed by atoms with Crippen LogP contribution in [0.2, 0.25) is 0 Å². The zero-order chi connectivity index (χ0) is 15.5. The molecule has 21 heavy (non-hydrogen) atoms. The summed E-state index contributed by atoms with van der Waals surface area (Å²) in [5, 5.41) is 0. The van der Waals surface area contributed by atoms with Crippen LogP contribution >= 0.6 is 12.2 Å². The summed E-state index contributed by atoms with van der Waals surface area (Å²) < 4.78 is 43.7. The normalized spacial score (nSPS) is 11.2. The second-order valence-electron chi connectivity index (χ2n) is 4.20. The second kappa shape index (κ2) is 6.09. The number of ether oxygens (including phenoxy) is 1. The molecular formula is C14H11F3N2OS. The van der Waals surface area contributed by atoms with Crippen molar-refractivity contribution in [1.29, 1.82) is 0 Å². The molecule has 2 rings (SSSR count). The van der Waals surface area contributed by atoms with Crippen molar-refractivity contribution in [3.05, 3.63) is 59.4 Å².